The van der Waals surface area contributed by atoms with Gasteiger partial charge in [0.15, 0.2) is 11.6 Å². The predicted octanol–water partition coefficient (Wildman–Crippen LogP) is 2.82. The maximum absolute atomic E-state index is 13.5. The molecule has 1 atom stereocenters. The van der Waals surface area contributed by atoms with Crippen LogP contribution in [0.3, 0.4) is 0 Å². The number of benzene rings is 1. The molecule has 1 aromatic rings. The van der Waals surface area contributed by atoms with Crippen LogP contribution in [0.5, 0.6) is 0 Å². The van der Waals surface area contributed by atoms with E-state index in [1.165, 1.54) is 11.0 Å². The zero-order chi connectivity index (χ0) is 18.8. The Morgan fingerprint density at radius 2 is 2.00 bits per heavy atom. The van der Waals surface area contributed by atoms with E-state index < -0.39 is 17.0 Å². The summed E-state index contributed by atoms with van der Waals surface area (Å²) >= 11 is 0. The molecule has 5 nitrogen and oxygen atoms in total. The van der Waals surface area contributed by atoms with Crippen molar-refractivity contribution in [1.29, 1.82) is 0 Å². The molecule has 2 rings (SSSR count). The third-order valence-corrected chi connectivity index (χ3v) is 4.19. The summed E-state index contributed by atoms with van der Waals surface area (Å²) in [5, 5.41) is 0. The van der Waals surface area contributed by atoms with Crippen molar-refractivity contribution < 1.29 is 18.4 Å². The van der Waals surface area contributed by atoms with Gasteiger partial charge in [0, 0.05) is 23.6 Å². The van der Waals surface area contributed by atoms with Gasteiger partial charge in [-0.15, -0.1) is 0 Å². The number of aliphatic imine (C=N–C) groups is 1. The minimum atomic E-state index is -1.00. The number of ketones is 1. The van der Waals surface area contributed by atoms with E-state index in [-0.39, 0.29) is 36.5 Å². The summed E-state index contributed by atoms with van der Waals surface area (Å²) in [6.07, 6.45) is 0.900. The van der Waals surface area contributed by atoms with E-state index in [1.807, 2.05) is 20.8 Å². The van der Waals surface area contributed by atoms with Crippen LogP contribution in [0.2, 0.25) is 0 Å². The minimum absolute atomic E-state index is 0.0197. The van der Waals surface area contributed by atoms with E-state index in [1.54, 1.807) is 0 Å². The third-order valence-electron chi connectivity index (χ3n) is 4.19. The summed E-state index contributed by atoms with van der Waals surface area (Å²) < 4.78 is 26.6. The molecular weight excluding hydrogens is 328 g/mol. The first-order valence-electron chi connectivity index (χ1n) is 8.19. The molecule has 1 aliphatic rings. The molecule has 0 aliphatic carbocycles. The van der Waals surface area contributed by atoms with Crippen LogP contribution in [0.1, 0.15) is 40.0 Å². The number of amidine groups is 1. The lowest BCUT2D eigenvalue weighted by molar-refractivity contribution is -0.125. The van der Waals surface area contributed by atoms with E-state index in [0.717, 1.165) is 12.1 Å². The molecule has 1 aliphatic heterocycles. The lowest BCUT2D eigenvalue weighted by Gasteiger charge is -2.24. The smallest absolute Gasteiger partial charge is 0.227 e. The third kappa shape index (κ3) is 4.61. The first-order chi connectivity index (χ1) is 11.6. The van der Waals surface area contributed by atoms with Gasteiger partial charge in [0.05, 0.1) is 19.0 Å². The van der Waals surface area contributed by atoms with Crippen LogP contribution in [0.15, 0.2) is 23.2 Å². The number of hydrogen-bond donors (Lipinski definition) is 1. The fourth-order valence-electron chi connectivity index (χ4n) is 2.61. The number of hydrogen-bond acceptors (Lipinski definition) is 3. The van der Waals surface area contributed by atoms with Crippen molar-refractivity contribution in [3.8, 4) is 0 Å². The normalized spacial score (nSPS) is 18.8. The molecule has 0 saturated carbocycles. The van der Waals surface area contributed by atoms with Gasteiger partial charge in [0.25, 0.3) is 0 Å². The number of nitrogens with two attached hydrogens (primary N) is 1. The number of anilines is 1. The number of amides is 1. The monoisotopic (exact) mass is 351 g/mol. The Balaban J connectivity index is 2.10. The van der Waals surface area contributed by atoms with Crippen LogP contribution < -0.4 is 10.6 Å². The second-order valence-corrected chi connectivity index (χ2v) is 7.24. The Morgan fingerprint density at radius 1 is 1.32 bits per heavy atom. The van der Waals surface area contributed by atoms with Gasteiger partial charge < -0.3 is 10.6 Å². The summed E-state index contributed by atoms with van der Waals surface area (Å²) in [7, 11) is 0. The van der Waals surface area contributed by atoms with Crippen molar-refractivity contribution in [2.24, 2.45) is 16.1 Å². The van der Waals surface area contributed by atoms with Gasteiger partial charge in [0.2, 0.25) is 5.91 Å². The highest BCUT2D eigenvalue weighted by Crippen LogP contribution is 2.28. The van der Waals surface area contributed by atoms with Crippen molar-refractivity contribution in [1.82, 2.24) is 0 Å². The van der Waals surface area contributed by atoms with E-state index in [4.69, 9.17) is 5.73 Å². The molecule has 1 amide bonds. The van der Waals surface area contributed by atoms with Crippen molar-refractivity contribution in [3.05, 3.63) is 29.8 Å². The zero-order valence-corrected chi connectivity index (χ0v) is 14.7. The van der Waals surface area contributed by atoms with E-state index in [2.05, 4.69) is 4.99 Å². The second kappa shape index (κ2) is 7.29. The molecule has 1 unspecified atom stereocenters. The van der Waals surface area contributed by atoms with Gasteiger partial charge in [-0.3, -0.25) is 14.6 Å². The molecular formula is C18H23F2N3O2. The fraction of sp³-hybridized carbons (Fsp3) is 0.500. The van der Waals surface area contributed by atoms with Crippen molar-refractivity contribution in [2.45, 2.75) is 46.1 Å². The van der Waals surface area contributed by atoms with E-state index >= 15 is 0 Å². The summed E-state index contributed by atoms with van der Waals surface area (Å²) in [5.74, 6) is -1.95. The SMILES string of the molecule is CC(C)(C)C(=O)CC(N)=NCC1CCC(=O)N1c1ccc(F)c(F)c1. The number of halogens is 2. The number of rotatable bonds is 5. The molecule has 0 bridgehead atoms. The Kier molecular flexibility index (Phi) is 5.55. The predicted molar refractivity (Wildman–Crippen MR) is 92.4 cm³/mol. The molecule has 1 aromatic carbocycles. The standard InChI is InChI=1S/C18H23F2N3O2/c1-18(2,3)15(24)9-16(21)22-10-12-5-7-17(25)23(12)11-4-6-13(19)14(20)8-11/h4,6,8,12H,5,7,9-10H2,1-3H3,(H2,21,22). The lowest BCUT2D eigenvalue weighted by atomic mass is 9.89. The number of carbonyl (C=O) groups excluding carboxylic acids is 2. The van der Waals surface area contributed by atoms with Crippen LogP contribution in [-0.2, 0) is 9.59 Å². The van der Waals surface area contributed by atoms with Gasteiger partial charge in [0.1, 0.15) is 11.6 Å². The summed E-state index contributed by atoms with van der Waals surface area (Å²) in [6, 6.07) is 3.07. The average molecular weight is 351 g/mol. The van der Waals surface area contributed by atoms with Crippen LogP contribution >= 0.6 is 0 Å². The van der Waals surface area contributed by atoms with Gasteiger partial charge in [-0.2, -0.15) is 0 Å². The Hall–Kier alpha value is -2.31. The van der Waals surface area contributed by atoms with Crippen LogP contribution in [-0.4, -0.2) is 30.1 Å². The largest absolute Gasteiger partial charge is 0.387 e. The lowest BCUT2D eigenvalue weighted by Crippen LogP contribution is -2.36. The number of nitrogens with zero attached hydrogens (tertiary/aromatic N) is 2. The van der Waals surface area contributed by atoms with Gasteiger partial charge >= 0.3 is 0 Å². The highest BCUT2D eigenvalue weighted by molar-refractivity contribution is 6.02. The van der Waals surface area contributed by atoms with Crippen LogP contribution in [0.25, 0.3) is 0 Å². The highest BCUT2D eigenvalue weighted by atomic mass is 19.2. The molecule has 7 heteroatoms. The van der Waals surface area contributed by atoms with Gasteiger partial charge in [-0.05, 0) is 18.6 Å². The topological polar surface area (TPSA) is 75.8 Å². The quantitative estimate of drug-likeness (QED) is 0.655. The average Bonchev–Trinajstić information content (AvgIpc) is 2.88. The zero-order valence-electron chi connectivity index (χ0n) is 14.7. The van der Waals surface area contributed by atoms with E-state index in [0.29, 0.717) is 18.5 Å². The van der Waals surface area contributed by atoms with Crippen LogP contribution in [0, 0.1) is 17.0 Å². The maximum atomic E-state index is 13.5. The minimum Gasteiger partial charge on any atom is -0.387 e. The Labute approximate surface area is 145 Å². The number of Topliss-reactive ketones (excluding diaryl/α,β-unsaturated/α-hetero) is 1. The molecule has 0 radical (unpaired) electrons. The Bertz CT molecular complexity index is 711. The fourth-order valence-corrected chi connectivity index (χ4v) is 2.61. The van der Waals surface area contributed by atoms with E-state index in [9.17, 15) is 18.4 Å². The molecule has 0 spiro atoms. The van der Waals surface area contributed by atoms with Crippen LogP contribution in [0.4, 0.5) is 14.5 Å². The van der Waals surface area contributed by atoms with Gasteiger partial charge in [-0.25, -0.2) is 8.78 Å². The maximum Gasteiger partial charge on any atom is 0.227 e. The number of carbonyl (C=O) groups is 2. The first kappa shape index (κ1) is 19.0. The Morgan fingerprint density at radius 3 is 2.60 bits per heavy atom. The van der Waals surface area contributed by atoms with Crippen molar-refractivity contribution in [3.63, 3.8) is 0 Å². The molecule has 0 aromatic heterocycles. The molecule has 1 heterocycles. The first-order valence-corrected chi connectivity index (χ1v) is 8.19. The second-order valence-electron chi connectivity index (χ2n) is 7.24. The molecule has 136 valence electrons. The van der Waals surface area contributed by atoms with Crippen molar-refractivity contribution >= 4 is 23.2 Å². The van der Waals surface area contributed by atoms with Crippen molar-refractivity contribution in [2.75, 3.05) is 11.4 Å². The summed E-state index contributed by atoms with van der Waals surface area (Å²) in [4.78, 5) is 29.7. The molecule has 25 heavy (non-hydrogen) atoms. The molecule has 2 N–H and O–H groups in total. The van der Waals surface area contributed by atoms with Gasteiger partial charge in [-0.1, -0.05) is 20.8 Å². The highest BCUT2D eigenvalue weighted by Gasteiger charge is 2.32. The molecule has 1 fully saturated rings. The molecule has 1 saturated heterocycles. The summed E-state index contributed by atoms with van der Waals surface area (Å²) in [6.45, 7) is 5.64. The summed E-state index contributed by atoms with van der Waals surface area (Å²) in [5.41, 5.74) is 5.63.